The zero-order valence-electron chi connectivity index (χ0n) is 17.5. The number of hydrogen-bond donors (Lipinski definition) is 2. The van der Waals surface area contributed by atoms with Crippen molar-refractivity contribution in [2.75, 3.05) is 16.7 Å². The third kappa shape index (κ3) is 4.86. The van der Waals surface area contributed by atoms with Crippen LogP contribution >= 0.6 is 23.1 Å². The highest BCUT2D eigenvalue weighted by Crippen LogP contribution is 2.40. The highest BCUT2D eigenvalue weighted by atomic mass is 32.2. The molecule has 2 heterocycles. The molecule has 3 aromatic rings. The Hall–Kier alpha value is -2.17. The molecule has 1 aliphatic carbocycles. The Kier molecular flexibility index (Phi) is 5.97. The lowest BCUT2D eigenvalue weighted by Crippen LogP contribution is -2.15. The van der Waals surface area contributed by atoms with Gasteiger partial charge in [-0.1, -0.05) is 18.7 Å². The van der Waals surface area contributed by atoms with Gasteiger partial charge in [0, 0.05) is 16.1 Å². The molecule has 0 aliphatic heterocycles. The number of aromatic nitrogens is 2. The Morgan fingerprint density at radius 2 is 2.00 bits per heavy atom. The molecule has 2 atom stereocenters. The zero-order chi connectivity index (χ0) is 22.3. The highest BCUT2D eigenvalue weighted by molar-refractivity contribution is 8.00. The predicted molar refractivity (Wildman–Crippen MR) is 128 cm³/mol. The first-order valence-corrected chi connectivity index (χ1v) is 13.6. The van der Waals surface area contributed by atoms with Gasteiger partial charge in [0.15, 0.2) is 10.9 Å². The van der Waals surface area contributed by atoms with Gasteiger partial charge in [-0.25, -0.2) is 18.4 Å². The molecule has 4 rings (SSSR count). The lowest BCUT2D eigenvalue weighted by atomic mass is 9.89. The molecule has 0 saturated heterocycles. The van der Waals surface area contributed by atoms with Crippen molar-refractivity contribution in [1.82, 2.24) is 9.97 Å². The van der Waals surface area contributed by atoms with Crippen LogP contribution in [0.25, 0.3) is 10.2 Å². The first-order valence-electron chi connectivity index (χ1n) is 9.97. The molecule has 2 aromatic heterocycles. The second-order valence-electron chi connectivity index (χ2n) is 8.00. The van der Waals surface area contributed by atoms with Crippen molar-refractivity contribution in [3.05, 3.63) is 40.3 Å². The van der Waals surface area contributed by atoms with Gasteiger partial charge in [0.1, 0.15) is 10.6 Å². The van der Waals surface area contributed by atoms with E-state index in [1.807, 2.05) is 0 Å². The molecule has 0 spiro atoms. The Bertz CT molecular complexity index is 1250. The van der Waals surface area contributed by atoms with E-state index in [4.69, 9.17) is 10.7 Å². The van der Waals surface area contributed by atoms with E-state index in [1.165, 1.54) is 22.2 Å². The maximum atomic E-state index is 12.8. The van der Waals surface area contributed by atoms with Crippen molar-refractivity contribution < 1.29 is 13.2 Å². The molecule has 31 heavy (non-hydrogen) atoms. The van der Waals surface area contributed by atoms with Gasteiger partial charge in [-0.3, -0.25) is 9.52 Å². The maximum absolute atomic E-state index is 12.8. The van der Waals surface area contributed by atoms with Crippen molar-refractivity contribution >= 4 is 60.6 Å². The fraction of sp³-hybridized carbons (Fsp3) is 0.381. The van der Waals surface area contributed by atoms with E-state index < -0.39 is 15.3 Å². The first-order chi connectivity index (χ1) is 14.6. The fourth-order valence-electron chi connectivity index (χ4n) is 3.77. The van der Waals surface area contributed by atoms with Crippen LogP contribution in [0.3, 0.4) is 0 Å². The number of benzene rings is 1. The van der Waals surface area contributed by atoms with Crippen LogP contribution < -0.4 is 10.5 Å². The predicted octanol–water partition coefficient (Wildman–Crippen LogP) is 4.13. The monoisotopic (exact) mass is 476 g/mol. The molecule has 2 unspecified atom stereocenters. The molecular formula is C21H24N4O3S3. The van der Waals surface area contributed by atoms with Gasteiger partial charge in [-0.15, -0.1) is 11.3 Å². The lowest BCUT2D eigenvalue weighted by Gasteiger charge is -2.17. The molecule has 7 nitrogen and oxygen atoms in total. The molecular weight excluding hydrogens is 452 g/mol. The van der Waals surface area contributed by atoms with Crippen LogP contribution in [-0.2, 0) is 22.9 Å². The van der Waals surface area contributed by atoms with Crippen LogP contribution in [0, 0.1) is 5.92 Å². The van der Waals surface area contributed by atoms with Gasteiger partial charge in [0.25, 0.3) is 0 Å². The summed E-state index contributed by atoms with van der Waals surface area (Å²) in [6, 6.07) is 6.37. The number of thiophene rings is 1. The molecule has 0 saturated carbocycles. The van der Waals surface area contributed by atoms with Crippen LogP contribution in [0.4, 0.5) is 11.5 Å². The molecule has 0 bridgehead atoms. The number of sulfonamides is 1. The van der Waals surface area contributed by atoms with E-state index in [0.29, 0.717) is 28.1 Å². The van der Waals surface area contributed by atoms with Crippen molar-refractivity contribution in [1.29, 1.82) is 0 Å². The average Bonchev–Trinajstić information content (AvgIpc) is 3.04. The normalized spacial score (nSPS) is 17.3. The Labute approximate surface area is 189 Å². The molecule has 10 heteroatoms. The number of rotatable bonds is 6. The summed E-state index contributed by atoms with van der Waals surface area (Å²) >= 11 is 2.96. The van der Waals surface area contributed by atoms with E-state index >= 15 is 0 Å². The van der Waals surface area contributed by atoms with E-state index in [0.717, 1.165) is 35.7 Å². The number of thioether (sulfide) groups is 1. The number of nitrogen functional groups attached to an aromatic ring is 1. The van der Waals surface area contributed by atoms with Crippen LogP contribution in [0.1, 0.15) is 41.1 Å². The summed E-state index contributed by atoms with van der Waals surface area (Å²) in [5.74, 6) is 1.06. The number of hydrogen-bond acceptors (Lipinski definition) is 8. The van der Waals surface area contributed by atoms with Gasteiger partial charge in [-0.2, -0.15) is 0 Å². The largest absolute Gasteiger partial charge is 0.383 e. The van der Waals surface area contributed by atoms with E-state index in [9.17, 15) is 13.2 Å². The SMILES string of the molecule is CC1CCc2c(sc3nc(SC(C)C(=O)c4ccc(NS(C)(=O)=O)cc4)nc(N)c23)C1. The number of ketones is 1. The smallest absolute Gasteiger partial charge is 0.229 e. The summed E-state index contributed by atoms with van der Waals surface area (Å²) in [6.45, 7) is 4.07. The third-order valence-corrected chi connectivity index (χ3v) is 8.00. The summed E-state index contributed by atoms with van der Waals surface area (Å²) in [5, 5.41) is 1.05. The molecule has 0 fully saturated rings. The van der Waals surface area contributed by atoms with Crippen LogP contribution in [-0.4, -0.2) is 35.7 Å². The molecule has 1 aliphatic rings. The molecule has 0 radical (unpaired) electrons. The minimum atomic E-state index is -3.36. The summed E-state index contributed by atoms with van der Waals surface area (Å²) in [6.07, 6.45) is 4.30. The van der Waals surface area contributed by atoms with Gasteiger partial charge in [-0.05, 0) is 61.9 Å². The number of anilines is 2. The minimum Gasteiger partial charge on any atom is -0.383 e. The van der Waals surface area contributed by atoms with Crippen molar-refractivity contribution in [2.45, 2.75) is 43.5 Å². The topological polar surface area (TPSA) is 115 Å². The number of carbonyl (C=O) groups is 1. The molecule has 164 valence electrons. The quantitative estimate of drug-likeness (QED) is 0.312. The minimum absolute atomic E-state index is 0.0857. The average molecular weight is 477 g/mol. The van der Waals surface area contributed by atoms with Crippen LogP contribution in [0.2, 0.25) is 0 Å². The third-order valence-electron chi connectivity index (χ3n) is 5.29. The fourth-order valence-corrected chi connectivity index (χ4v) is 6.63. The Morgan fingerprint density at radius 1 is 1.29 bits per heavy atom. The van der Waals surface area contributed by atoms with Gasteiger partial charge < -0.3 is 5.73 Å². The number of nitrogens with zero attached hydrogens (tertiary/aromatic N) is 2. The zero-order valence-corrected chi connectivity index (χ0v) is 20.0. The van der Waals surface area contributed by atoms with Crippen molar-refractivity contribution in [2.24, 2.45) is 5.92 Å². The number of aryl methyl sites for hydroxylation is 1. The maximum Gasteiger partial charge on any atom is 0.229 e. The molecule has 1 aromatic carbocycles. The number of carbonyl (C=O) groups excluding carboxylic acids is 1. The molecule has 3 N–H and O–H groups in total. The second kappa shape index (κ2) is 8.40. The van der Waals surface area contributed by atoms with Gasteiger partial charge in [0.2, 0.25) is 10.0 Å². The molecule has 0 amide bonds. The second-order valence-corrected chi connectivity index (χ2v) is 12.1. The number of fused-ring (bicyclic) bond motifs is 3. The summed E-state index contributed by atoms with van der Waals surface area (Å²) < 4.78 is 25.0. The number of nitrogens with one attached hydrogen (secondary N) is 1. The van der Waals surface area contributed by atoms with Crippen LogP contribution in [0.5, 0.6) is 0 Å². The highest BCUT2D eigenvalue weighted by Gasteiger charge is 2.24. The lowest BCUT2D eigenvalue weighted by molar-refractivity contribution is 0.0994. The summed E-state index contributed by atoms with van der Waals surface area (Å²) in [5.41, 5.74) is 8.49. The summed E-state index contributed by atoms with van der Waals surface area (Å²) in [4.78, 5) is 24.3. The van der Waals surface area contributed by atoms with E-state index in [1.54, 1.807) is 42.5 Å². The van der Waals surface area contributed by atoms with Gasteiger partial charge in [0.05, 0.1) is 16.9 Å². The van der Waals surface area contributed by atoms with Crippen molar-refractivity contribution in [3.63, 3.8) is 0 Å². The first kappa shape index (κ1) is 22.0. The summed E-state index contributed by atoms with van der Waals surface area (Å²) in [7, 11) is -3.36. The van der Waals surface area contributed by atoms with E-state index in [-0.39, 0.29) is 5.78 Å². The van der Waals surface area contributed by atoms with E-state index in [2.05, 4.69) is 16.6 Å². The van der Waals surface area contributed by atoms with Crippen molar-refractivity contribution in [3.8, 4) is 0 Å². The number of Topliss-reactive ketones (excluding diaryl/α,β-unsaturated/α-hetero) is 1. The standard InChI is InChI=1S/C21H24N4O3S3/c1-11-4-9-15-16(10-11)30-20-17(15)19(22)23-21(24-20)29-12(2)18(26)13-5-7-14(8-6-13)25-31(3,27)28/h5-8,11-12,25H,4,9-10H2,1-3H3,(H2,22,23,24). The number of nitrogens with two attached hydrogens (primary N) is 1. The Morgan fingerprint density at radius 3 is 2.68 bits per heavy atom. The van der Waals surface area contributed by atoms with Crippen LogP contribution in [0.15, 0.2) is 29.4 Å². The van der Waals surface area contributed by atoms with Gasteiger partial charge >= 0.3 is 0 Å². The Balaban J connectivity index is 1.52.